The van der Waals surface area contributed by atoms with Gasteiger partial charge in [-0.3, -0.25) is 14.4 Å². The minimum Gasteiger partial charge on any atom is -0.494 e. The van der Waals surface area contributed by atoms with Gasteiger partial charge in [-0.2, -0.15) is 0 Å². The Morgan fingerprint density at radius 3 is 2.29 bits per heavy atom. The summed E-state index contributed by atoms with van der Waals surface area (Å²) in [6, 6.07) is 5.95. The number of ether oxygens (including phenoxy) is 1. The maximum absolute atomic E-state index is 12.3. The topological polar surface area (TPSA) is 110 Å². The molecule has 9 heteroatoms. The van der Waals surface area contributed by atoms with Crippen LogP contribution in [-0.2, 0) is 19.4 Å². The Morgan fingerprint density at radius 1 is 1.11 bits per heavy atom. The van der Waals surface area contributed by atoms with Gasteiger partial charge in [0.1, 0.15) is 11.8 Å². The lowest BCUT2D eigenvalue weighted by Gasteiger charge is -2.29. The van der Waals surface area contributed by atoms with Gasteiger partial charge in [0, 0.05) is 31.5 Å². The molecule has 1 saturated heterocycles. The van der Waals surface area contributed by atoms with Crippen molar-refractivity contribution in [3.63, 3.8) is 0 Å². The Kier molecular flexibility index (Phi) is 7.56. The summed E-state index contributed by atoms with van der Waals surface area (Å²) in [5.41, 5.74) is 0.495. The highest BCUT2D eigenvalue weighted by molar-refractivity contribution is 7.91. The maximum atomic E-state index is 12.3. The molecule has 1 aliphatic rings. The normalized spacial score (nSPS) is 16.9. The number of ketones is 1. The highest BCUT2D eigenvalue weighted by atomic mass is 32.2. The van der Waals surface area contributed by atoms with E-state index in [-0.39, 0.29) is 49.1 Å². The van der Waals surface area contributed by atoms with E-state index in [9.17, 15) is 22.8 Å². The predicted molar refractivity (Wildman–Crippen MR) is 104 cm³/mol. The molecule has 1 atom stereocenters. The first-order chi connectivity index (χ1) is 13.2. The molecule has 1 aliphatic heterocycles. The van der Waals surface area contributed by atoms with E-state index in [4.69, 9.17) is 4.74 Å². The van der Waals surface area contributed by atoms with Crippen LogP contribution in [0.2, 0.25) is 0 Å². The van der Waals surface area contributed by atoms with Gasteiger partial charge in [-0.15, -0.1) is 0 Å². The largest absolute Gasteiger partial charge is 0.494 e. The molecule has 28 heavy (non-hydrogen) atoms. The van der Waals surface area contributed by atoms with Crippen LogP contribution in [0.15, 0.2) is 24.3 Å². The highest BCUT2D eigenvalue weighted by Gasteiger charge is 2.28. The number of benzene rings is 1. The van der Waals surface area contributed by atoms with Crippen LogP contribution in [0.3, 0.4) is 0 Å². The maximum Gasteiger partial charge on any atom is 0.244 e. The quantitative estimate of drug-likeness (QED) is 0.635. The van der Waals surface area contributed by atoms with E-state index in [2.05, 4.69) is 5.32 Å². The van der Waals surface area contributed by atoms with Gasteiger partial charge in [0.25, 0.3) is 0 Å². The molecule has 0 aromatic heterocycles. The summed E-state index contributed by atoms with van der Waals surface area (Å²) in [5, 5.41) is 2.58. The van der Waals surface area contributed by atoms with Crippen LogP contribution < -0.4 is 10.1 Å². The third-order valence-corrected chi connectivity index (χ3v) is 6.08. The number of sulfone groups is 1. The third kappa shape index (κ3) is 6.33. The van der Waals surface area contributed by atoms with Crippen molar-refractivity contribution in [3.8, 4) is 5.75 Å². The van der Waals surface area contributed by atoms with Crippen LogP contribution in [0.25, 0.3) is 0 Å². The summed E-state index contributed by atoms with van der Waals surface area (Å²) in [7, 11) is -3.08. The van der Waals surface area contributed by atoms with Crippen LogP contribution in [0.5, 0.6) is 5.75 Å². The van der Waals surface area contributed by atoms with Gasteiger partial charge in [0.15, 0.2) is 15.6 Å². The highest BCUT2D eigenvalue weighted by Crippen LogP contribution is 2.14. The standard InChI is InChI=1S/C19H26N2O6S/c1-3-27-16-6-4-15(5-7-16)17(22)8-9-18(23)20-14(2)19(24)21-10-12-28(25,26)13-11-21/h4-7,14H,3,8-13H2,1-2H3,(H,20,23). The molecular formula is C19H26N2O6S. The lowest BCUT2D eigenvalue weighted by Crippen LogP contribution is -2.51. The molecule has 154 valence electrons. The summed E-state index contributed by atoms with van der Waals surface area (Å²) in [5.74, 6) is -0.328. The van der Waals surface area contributed by atoms with E-state index >= 15 is 0 Å². The van der Waals surface area contributed by atoms with E-state index < -0.39 is 21.8 Å². The van der Waals surface area contributed by atoms with Gasteiger partial charge < -0.3 is 15.0 Å². The predicted octanol–water partition coefficient (Wildman–Crippen LogP) is 0.810. The average Bonchev–Trinajstić information content (AvgIpc) is 2.66. The summed E-state index contributed by atoms with van der Waals surface area (Å²) in [6.45, 7) is 4.24. The smallest absolute Gasteiger partial charge is 0.244 e. The summed E-state index contributed by atoms with van der Waals surface area (Å²) < 4.78 is 28.2. The van der Waals surface area contributed by atoms with Crippen LogP contribution in [0.4, 0.5) is 0 Å². The van der Waals surface area contributed by atoms with Crippen molar-refractivity contribution in [1.82, 2.24) is 10.2 Å². The number of nitrogens with zero attached hydrogens (tertiary/aromatic N) is 1. The number of Topliss-reactive ketones (excluding diaryl/α,β-unsaturated/α-hetero) is 1. The van der Waals surface area contributed by atoms with Crippen molar-refractivity contribution in [2.75, 3.05) is 31.2 Å². The molecule has 0 spiro atoms. The molecule has 2 amide bonds. The summed E-state index contributed by atoms with van der Waals surface area (Å²) >= 11 is 0. The van der Waals surface area contributed by atoms with E-state index in [1.807, 2.05) is 6.92 Å². The van der Waals surface area contributed by atoms with Gasteiger partial charge >= 0.3 is 0 Å². The number of hydrogen-bond acceptors (Lipinski definition) is 6. The van der Waals surface area contributed by atoms with E-state index in [1.165, 1.54) is 4.90 Å². The number of nitrogens with one attached hydrogen (secondary N) is 1. The third-order valence-electron chi connectivity index (χ3n) is 4.47. The van der Waals surface area contributed by atoms with Crippen LogP contribution >= 0.6 is 0 Å². The van der Waals surface area contributed by atoms with Crippen molar-refractivity contribution in [2.24, 2.45) is 0 Å². The Morgan fingerprint density at radius 2 is 1.71 bits per heavy atom. The summed E-state index contributed by atoms with van der Waals surface area (Å²) in [4.78, 5) is 38.0. The zero-order chi connectivity index (χ0) is 20.7. The second-order valence-electron chi connectivity index (χ2n) is 6.65. The molecule has 0 radical (unpaired) electrons. The minimum absolute atomic E-state index is 0.0297. The first-order valence-electron chi connectivity index (χ1n) is 9.26. The van der Waals surface area contributed by atoms with Crippen molar-refractivity contribution >= 4 is 27.4 Å². The van der Waals surface area contributed by atoms with Gasteiger partial charge in [0.05, 0.1) is 18.1 Å². The Balaban J connectivity index is 1.78. The van der Waals surface area contributed by atoms with E-state index in [0.717, 1.165) is 0 Å². The molecule has 1 N–H and O–H groups in total. The fraction of sp³-hybridized carbons (Fsp3) is 0.526. The Bertz CT molecular complexity index is 805. The van der Waals surface area contributed by atoms with Gasteiger partial charge in [-0.25, -0.2) is 8.42 Å². The number of rotatable bonds is 8. The summed E-state index contributed by atoms with van der Waals surface area (Å²) in [6.07, 6.45) is 0.000722. The van der Waals surface area contributed by atoms with E-state index in [0.29, 0.717) is 17.9 Å². The van der Waals surface area contributed by atoms with Crippen molar-refractivity contribution < 1.29 is 27.5 Å². The monoisotopic (exact) mass is 410 g/mol. The van der Waals surface area contributed by atoms with Gasteiger partial charge in [-0.1, -0.05) is 0 Å². The average molecular weight is 410 g/mol. The van der Waals surface area contributed by atoms with Gasteiger partial charge in [0.2, 0.25) is 11.8 Å². The van der Waals surface area contributed by atoms with Crippen LogP contribution in [0.1, 0.15) is 37.0 Å². The fourth-order valence-electron chi connectivity index (χ4n) is 2.86. The molecule has 0 saturated carbocycles. The van der Waals surface area contributed by atoms with Crippen molar-refractivity contribution in [3.05, 3.63) is 29.8 Å². The van der Waals surface area contributed by atoms with Crippen LogP contribution in [0, 0.1) is 0 Å². The second kappa shape index (κ2) is 9.68. The first-order valence-corrected chi connectivity index (χ1v) is 11.1. The molecule has 1 heterocycles. The number of hydrogen-bond donors (Lipinski definition) is 1. The minimum atomic E-state index is -3.08. The molecular weight excluding hydrogens is 384 g/mol. The Hall–Kier alpha value is -2.42. The number of amides is 2. The SMILES string of the molecule is CCOc1ccc(C(=O)CCC(=O)NC(C)C(=O)N2CCS(=O)(=O)CC2)cc1. The molecule has 1 fully saturated rings. The zero-order valence-corrected chi connectivity index (χ0v) is 17.0. The second-order valence-corrected chi connectivity index (χ2v) is 8.95. The molecule has 8 nitrogen and oxygen atoms in total. The molecule has 1 unspecified atom stereocenters. The molecule has 2 rings (SSSR count). The number of carbonyl (C=O) groups is 3. The molecule has 1 aromatic carbocycles. The number of carbonyl (C=O) groups excluding carboxylic acids is 3. The lowest BCUT2D eigenvalue weighted by molar-refractivity contribution is -0.135. The van der Waals surface area contributed by atoms with Crippen molar-refractivity contribution in [1.29, 1.82) is 0 Å². The fourth-order valence-corrected chi connectivity index (χ4v) is 4.06. The molecule has 0 aliphatic carbocycles. The van der Waals surface area contributed by atoms with E-state index in [1.54, 1.807) is 31.2 Å². The lowest BCUT2D eigenvalue weighted by atomic mass is 10.1. The Labute approximate surface area is 165 Å². The zero-order valence-electron chi connectivity index (χ0n) is 16.1. The van der Waals surface area contributed by atoms with Crippen LogP contribution in [-0.4, -0.2) is 68.2 Å². The van der Waals surface area contributed by atoms with Crippen molar-refractivity contribution in [2.45, 2.75) is 32.7 Å². The first kappa shape index (κ1) is 21.9. The molecule has 1 aromatic rings. The molecule has 0 bridgehead atoms. The van der Waals surface area contributed by atoms with Gasteiger partial charge in [-0.05, 0) is 38.1 Å².